The Morgan fingerprint density at radius 3 is 2.15 bits per heavy atom. The lowest BCUT2D eigenvalue weighted by atomic mass is 9.65. The van der Waals surface area contributed by atoms with Gasteiger partial charge in [0.25, 0.3) is 5.91 Å². The van der Waals surface area contributed by atoms with Crippen molar-refractivity contribution in [3.63, 3.8) is 0 Å². The smallest absolute Gasteiger partial charge is 0.356 e. The molecule has 39 heavy (non-hydrogen) atoms. The Hall–Kier alpha value is -3.58. The molecule has 0 saturated heterocycles. The van der Waals surface area contributed by atoms with Crippen molar-refractivity contribution < 1.29 is 18.0 Å². The number of halogens is 3. The van der Waals surface area contributed by atoms with Crippen LogP contribution in [0.15, 0.2) is 78.9 Å². The lowest BCUT2D eigenvalue weighted by Gasteiger charge is -2.55. The van der Waals surface area contributed by atoms with E-state index in [-0.39, 0.29) is 17.0 Å². The number of para-hydroxylation sites is 1. The fourth-order valence-electron chi connectivity index (χ4n) is 7.02. The van der Waals surface area contributed by atoms with E-state index in [1.807, 2.05) is 23.1 Å². The van der Waals surface area contributed by atoms with Crippen LogP contribution in [0.25, 0.3) is 10.9 Å². The highest BCUT2D eigenvalue weighted by molar-refractivity contribution is 5.96. The highest BCUT2D eigenvalue weighted by Crippen LogP contribution is 2.53. The number of nitrogens with one attached hydrogen (secondary N) is 1. The maximum absolute atomic E-state index is 14.0. The zero-order valence-corrected chi connectivity index (χ0v) is 22.2. The van der Waals surface area contributed by atoms with Gasteiger partial charge in [0.15, 0.2) is 0 Å². The molecule has 1 amide bonds. The number of hydrogen-bond acceptors (Lipinski definition) is 2. The molecule has 1 N–H and O–H groups in total. The second kappa shape index (κ2) is 9.26. The lowest BCUT2D eigenvalue weighted by Crippen LogP contribution is -2.58. The third-order valence-electron chi connectivity index (χ3n) is 9.16. The first-order valence-electron chi connectivity index (χ1n) is 13.5. The number of benzene rings is 3. The van der Waals surface area contributed by atoms with Gasteiger partial charge in [-0.3, -0.25) is 9.69 Å². The Balaban J connectivity index is 1.43. The molecule has 0 bridgehead atoms. The number of carbonyl (C=O) groups excluding carboxylic acids is 1. The molecule has 1 aromatic heterocycles. The van der Waals surface area contributed by atoms with Gasteiger partial charge < -0.3 is 9.88 Å². The first-order chi connectivity index (χ1) is 18.7. The number of nitrogens with zero attached hydrogens (tertiary/aromatic N) is 2. The number of aromatic amines is 1. The molecule has 2 aliphatic rings. The second-order valence-electron chi connectivity index (χ2n) is 11.1. The molecule has 1 aliphatic carbocycles. The molecular weight excluding hydrogens is 499 g/mol. The predicted molar refractivity (Wildman–Crippen MR) is 146 cm³/mol. The molecule has 2 heterocycles. The van der Waals surface area contributed by atoms with Gasteiger partial charge in [-0.15, -0.1) is 0 Å². The largest absolute Gasteiger partial charge is 0.416 e. The number of fused-ring (bicyclic) bond motifs is 4. The minimum Gasteiger partial charge on any atom is -0.356 e. The highest BCUT2D eigenvalue weighted by atomic mass is 19.4. The molecule has 0 atom stereocenters. The number of H-pyrrole nitrogens is 1. The van der Waals surface area contributed by atoms with Gasteiger partial charge in [-0.25, -0.2) is 0 Å². The Morgan fingerprint density at radius 1 is 0.872 bits per heavy atom. The number of amides is 1. The lowest BCUT2D eigenvalue weighted by molar-refractivity contribution is -0.137. The summed E-state index contributed by atoms with van der Waals surface area (Å²) in [5, 5.41) is 1.18. The minimum atomic E-state index is -4.44. The van der Waals surface area contributed by atoms with E-state index < -0.39 is 17.3 Å². The van der Waals surface area contributed by atoms with Crippen molar-refractivity contribution in [3.05, 3.63) is 107 Å². The van der Waals surface area contributed by atoms with Gasteiger partial charge in [-0.1, -0.05) is 48.5 Å². The quantitative estimate of drug-likeness (QED) is 0.306. The molecule has 1 saturated carbocycles. The van der Waals surface area contributed by atoms with E-state index in [1.165, 1.54) is 28.6 Å². The average Bonchev–Trinajstić information content (AvgIpc) is 3.33. The van der Waals surface area contributed by atoms with Gasteiger partial charge in [0.05, 0.1) is 11.1 Å². The Labute approximate surface area is 226 Å². The number of rotatable bonds is 3. The maximum Gasteiger partial charge on any atom is 0.416 e. The molecule has 0 radical (unpaired) electrons. The van der Waals surface area contributed by atoms with Gasteiger partial charge in [0.2, 0.25) is 0 Å². The van der Waals surface area contributed by atoms with Crippen LogP contribution >= 0.6 is 0 Å². The van der Waals surface area contributed by atoms with Crippen LogP contribution in [0, 0.1) is 0 Å². The highest BCUT2D eigenvalue weighted by Gasteiger charge is 2.53. The molecule has 1 aliphatic heterocycles. The van der Waals surface area contributed by atoms with E-state index >= 15 is 0 Å². The van der Waals surface area contributed by atoms with E-state index in [1.54, 1.807) is 0 Å². The third kappa shape index (κ3) is 4.06. The third-order valence-corrected chi connectivity index (χ3v) is 9.16. The van der Waals surface area contributed by atoms with Crippen molar-refractivity contribution in [2.45, 2.75) is 49.4 Å². The molecule has 202 valence electrons. The number of aromatic nitrogens is 1. The molecule has 4 nitrogen and oxygen atoms in total. The maximum atomic E-state index is 14.0. The fraction of sp³-hybridized carbons (Fsp3) is 0.344. The zero-order chi connectivity index (χ0) is 27.4. The average molecular weight is 532 g/mol. The standard InChI is InChI=1S/C32H32F3N3O/c1-37(2)30(23-8-4-3-5-9-23)17-19-31(20-18-30)28-26(25-10-6-7-11-27(25)36-28)16-21-38(31)29(39)22-12-14-24(15-13-22)32(33,34)35/h3-15,36H,16-21H2,1-2H3. The monoisotopic (exact) mass is 531 g/mol. The number of hydrogen-bond donors (Lipinski definition) is 1. The van der Waals surface area contributed by atoms with Crippen LogP contribution in [0.3, 0.4) is 0 Å². The van der Waals surface area contributed by atoms with E-state index in [9.17, 15) is 18.0 Å². The van der Waals surface area contributed by atoms with Crippen LogP contribution in [0.4, 0.5) is 13.2 Å². The van der Waals surface area contributed by atoms with Crippen molar-refractivity contribution in [3.8, 4) is 0 Å². The van der Waals surface area contributed by atoms with Crippen molar-refractivity contribution >= 4 is 16.8 Å². The minimum absolute atomic E-state index is 0.167. The Morgan fingerprint density at radius 2 is 1.51 bits per heavy atom. The molecule has 3 aromatic carbocycles. The van der Waals surface area contributed by atoms with Crippen molar-refractivity contribution in [2.75, 3.05) is 20.6 Å². The Kier molecular flexibility index (Phi) is 6.10. The van der Waals surface area contributed by atoms with Crippen LogP contribution in [-0.4, -0.2) is 41.3 Å². The van der Waals surface area contributed by atoms with Crippen LogP contribution in [-0.2, 0) is 23.7 Å². The molecule has 0 unspecified atom stereocenters. The summed E-state index contributed by atoms with van der Waals surface area (Å²) >= 11 is 0. The summed E-state index contributed by atoms with van der Waals surface area (Å²) < 4.78 is 39.6. The first kappa shape index (κ1) is 25.7. The fourth-order valence-corrected chi connectivity index (χ4v) is 7.02. The van der Waals surface area contributed by atoms with Gasteiger partial charge in [-0.05, 0) is 87.7 Å². The molecule has 4 aromatic rings. The van der Waals surface area contributed by atoms with Crippen molar-refractivity contribution in [2.24, 2.45) is 0 Å². The van der Waals surface area contributed by atoms with Gasteiger partial charge in [0.1, 0.15) is 0 Å². The summed E-state index contributed by atoms with van der Waals surface area (Å²) in [5.74, 6) is -0.218. The second-order valence-corrected chi connectivity index (χ2v) is 11.1. The van der Waals surface area contributed by atoms with E-state index in [2.05, 4.69) is 60.4 Å². The summed E-state index contributed by atoms with van der Waals surface area (Å²) in [6, 6.07) is 23.4. The SMILES string of the molecule is CN(C)C1(c2ccccc2)CCC2(CC1)c1[nH]c3ccccc3c1CCN2C(=O)c1ccc(C(F)(F)F)cc1. The van der Waals surface area contributed by atoms with Crippen molar-refractivity contribution in [1.82, 2.24) is 14.8 Å². The van der Waals surface area contributed by atoms with Crippen LogP contribution in [0.2, 0.25) is 0 Å². The van der Waals surface area contributed by atoms with Gasteiger partial charge in [-0.2, -0.15) is 13.2 Å². The predicted octanol–water partition coefficient (Wildman–Crippen LogP) is 7.11. The normalized spacial score (nSPS) is 23.4. The van der Waals surface area contributed by atoms with Crippen LogP contribution in [0.5, 0.6) is 0 Å². The van der Waals surface area contributed by atoms with Crippen molar-refractivity contribution in [1.29, 1.82) is 0 Å². The number of alkyl halides is 3. The van der Waals surface area contributed by atoms with Gasteiger partial charge in [0, 0.05) is 34.2 Å². The summed E-state index contributed by atoms with van der Waals surface area (Å²) in [5.41, 5.74) is 3.45. The summed E-state index contributed by atoms with van der Waals surface area (Å²) in [7, 11) is 4.23. The van der Waals surface area contributed by atoms with E-state index in [4.69, 9.17) is 0 Å². The first-order valence-corrected chi connectivity index (χ1v) is 13.5. The van der Waals surface area contributed by atoms with E-state index in [0.717, 1.165) is 49.0 Å². The topological polar surface area (TPSA) is 39.3 Å². The van der Waals surface area contributed by atoms with Crippen LogP contribution < -0.4 is 0 Å². The molecule has 1 fully saturated rings. The Bertz CT molecular complexity index is 1500. The van der Waals surface area contributed by atoms with E-state index in [0.29, 0.717) is 13.0 Å². The molecule has 1 spiro atoms. The number of carbonyl (C=O) groups is 1. The summed E-state index contributed by atoms with van der Waals surface area (Å²) in [4.78, 5) is 22.0. The molecule has 7 heteroatoms. The molecular formula is C32H32F3N3O. The van der Waals surface area contributed by atoms with Gasteiger partial charge >= 0.3 is 6.18 Å². The zero-order valence-electron chi connectivity index (χ0n) is 22.2. The molecule has 6 rings (SSSR count). The summed E-state index contributed by atoms with van der Waals surface area (Å²) in [6.45, 7) is 0.523. The van der Waals surface area contributed by atoms with Crippen LogP contribution in [0.1, 0.15) is 58.4 Å². The summed E-state index contributed by atoms with van der Waals surface area (Å²) in [6.07, 6.45) is -0.571.